The summed E-state index contributed by atoms with van der Waals surface area (Å²) in [5, 5.41) is 0. The summed E-state index contributed by atoms with van der Waals surface area (Å²) < 4.78 is 26.9. The molecule has 17 heavy (non-hydrogen) atoms. The van der Waals surface area contributed by atoms with Crippen LogP contribution in [0.15, 0.2) is 40.6 Å². The van der Waals surface area contributed by atoms with E-state index in [1.807, 2.05) is 0 Å². The zero-order valence-corrected chi connectivity index (χ0v) is 10.9. The molecule has 0 aliphatic rings. The van der Waals surface area contributed by atoms with Crippen molar-refractivity contribution in [3.63, 3.8) is 0 Å². The van der Waals surface area contributed by atoms with Crippen LogP contribution in [0.1, 0.15) is 0 Å². The minimum Gasteiger partial charge on any atom is -0.397 e. The van der Waals surface area contributed by atoms with E-state index in [1.54, 1.807) is 24.3 Å². The Balaban J connectivity index is 2.33. The van der Waals surface area contributed by atoms with Gasteiger partial charge in [-0.2, -0.15) is 0 Å². The number of rotatable bonds is 3. The van der Waals surface area contributed by atoms with Gasteiger partial charge in [-0.15, -0.1) is 11.3 Å². The SMILES string of the molecule is Nc1ccccc1NS(=O)(=O)c1ccc(Cl)s1. The molecule has 1 heterocycles. The lowest BCUT2D eigenvalue weighted by molar-refractivity contribution is 0.603. The maximum Gasteiger partial charge on any atom is 0.271 e. The molecule has 7 heteroatoms. The largest absolute Gasteiger partial charge is 0.397 e. The van der Waals surface area contributed by atoms with Crippen molar-refractivity contribution in [3.8, 4) is 0 Å². The quantitative estimate of drug-likeness (QED) is 0.853. The molecule has 2 aromatic rings. The lowest BCUT2D eigenvalue weighted by Gasteiger charge is -2.08. The molecule has 0 aliphatic heterocycles. The Kier molecular flexibility index (Phi) is 3.28. The van der Waals surface area contributed by atoms with E-state index >= 15 is 0 Å². The number of hydrogen-bond donors (Lipinski definition) is 2. The molecule has 0 spiro atoms. The molecular formula is C10H9ClN2O2S2. The number of anilines is 2. The fourth-order valence-electron chi connectivity index (χ4n) is 1.23. The highest BCUT2D eigenvalue weighted by Crippen LogP contribution is 2.28. The van der Waals surface area contributed by atoms with Crippen molar-refractivity contribution in [2.45, 2.75) is 4.21 Å². The van der Waals surface area contributed by atoms with E-state index in [4.69, 9.17) is 17.3 Å². The average Bonchev–Trinajstić information content (AvgIpc) is 2.69. The van der Waals surface area contributed by atoms with E-state index in [1.165, 1.54) is 12.1 Å². The van der Waals surface area contributed by atoms with Crippen LogP contribution in [0.3, 0.4) is 0 Å². The number of nitrogen functional groups attached to an aromatic ring is 1. The van der Waals surface area contributed by atoms with Gasteiger partial charge in [-0.3, -0.25) is 4.72 Å². The van der Waals surface area contributed by atoms with Gasteiger partial charge in [0.2, 0.25) is 0 Å². The van der Waals surface area contributed by atoms with Gasteiger partial charge in [0, 0.05) is 0 Å². The fraction of sp³-hybridized carbons (Fsp3) is 0. The van der Waals surface area contributed by atoms with Crippen LogP contribution in [0.25, 0.3) is 0 Å². The van der Waals surface area contributed by atoms with Gasteiger partial charge in [-0.05, 0) is 24.3 Å². The summed E-state index contributed by atoms with van der Waals surface area (Å²) in [5.41, 5.74) is 6.39. The highest BCUT2D eigenvalue weighted by atomic mass is 35.5. The standard InChI is InChI=1S/C10H9ClN2O2S2/c11-9-5-6-10(16-9)17(14,15)13-8-4-2-1-3-7(8)12/h1-6,13H,12H2. The maximum absolute atomic E-state index is 12.0. The number of para-hydroxylation sites is 2. The molecule has 3 N–H and O–H groups in total. The Labute approximate surface area is 108 Å². The Morgan fingerprint density at radius 2 is 1.88 bits per heavy atom. The highest BCUT2D eigenvalue weighted by Gasteiger charge is 2.17. The predicted octanol–water partition coefficient (Wildman–Crippen LogP) is 2.78. The Morgan fingerprint density at radius 1 is 1.18 bits per heavy atom. The summed E-state index contributed by atoms with van der Waals surface area (Å²) in [6, 6.07) is 9.65. The van der Waals surface area contributed by atoms with E-state index in [9.17, 15) is 8.42 Å². The number of hydrogen-bond acceptors (Lipinski definition) is 4. The zero-order valence-electron chi connectivity index (χ0n) is 8.55. The van der Waals surface area contributed by atoms with Crippen LogP contribution in [0, 0.1) is 0 Å². The van der Waals surface area contributed by atoms with Gasteiger partial charge in [-0.25, -0.2) is 8.42 Å². The average molecular weight is 289 g/mol. The van der Waals surface area contributed by atoms with Crippen molar-refractivity contribution >= 4 is 44.3 Å². The monoisotopic (exact) mass is 288 g/mol. The zero-order chi connectivity index (χ0) is 12.5. The molecule has 0 radical (unpaired) electrons. The van der Waals surface area contributed by atoms with E-state index < -0.39 is 10.0 Å². The second-order valence-corrected chi connectivity index (χ2v) is 6.88. The van der Waals surface area contributed by atoms with Crippen LogP contribution in [0.5, 0.6) is 0 Å². The summed E-state index contributed by atoms with van der Waals surface area (Å²) in [6.07, 6.45) is 0. The summed E-state index contributed by atoms with van der Waals surface area (Å²) in [4.78, 5) is 0. The number of thiophene rings is 1. The third-order valence-corrected chi connectivity index (χ3v) is 5.11. The van der Waals surface area contributed by atoms with Crippen molar-refractivity contribution < 1.29 is 8.42 Å². The number of benzene rings is 1. The number of sulfonamides is 1. The van der Waals surface area contributed by atoms with E-state index in [2.05, 4.69) is 4.72 Å². The van der Waals surface area contributed by atoms with Crippen LogP contribution in [-0.4, -0.2) is 8.42 Å². The van der Waals surface area contributed by atoms with E-state index in [0.29, 0.717) is 15.7 Å². The van der Waals surface area contributed by atoms with Gasteiger partial charge in [0.25, 0.3) is 10.0 Å². The molecule has 0 fully saturated rings. The maximum atomic E-state index is 12.0. The molecule has 0 saturated carbocycles. The molecule has 4 nitrogen and oxygen atoms in total. The molecule has 90 valence electrons. The van der Waals surface area contributed by atoms with Crippen molar-refractivity contribution in [3.05, 3.63) is 40.7 Å². The lowest BCUT2D eigenvalue weighted by Crippen LogP contribution is -2.12. The number of nitrogens with two attached hydrogens (primary N) is 1. The molecule has 0 atom stereocenters. The van der Waals surface area contributed by atoms with Crippen molar-refractivity contribution in [2.24, 2.45) is 0 Å². The molecule has 0 unspecified atom stereocenters. The molecule has 0 aliphatic carbocycles. The van der Waals surface area contributed by atoms with Crippen LogP contribution < -0.4 is 10.5 Å². The predicted molar refractivity (Wildman–Crippen MR) is 71.0 cm³/mol. The summed E-state index contributed by atoms with van der Waals surface area (Å²) in [6.45, 7) is 0. The van der Waals surface area contributed by atoms with Crippen LogP contribution >= 0.6 is 22.9 Å². The first kappa shape index (κ1) is 12.2. The smallest absolute Gasteiger partial charge is 0.271 e. The summed E-state index contributed by atoms with van der Waals surface area (Å²) in [5.74, 6) is 0. The van der Waals surface area contributed by atoms with E-state index in [-0.39, 0.29) is 4.21 Å². The normalized spacial score (nSPS) is 11.4. The van der Waals surface area contributed by atoms with Gasteiger partial charge < -0.3 is 5.73 Å². The Hall–Kier alpha value is -1.24. The Bertz CT molecular complexity index is 637. The van der Waals surface area contributed by atoms with Gasteiger partial charge >= 0.3 is 0 Å². The summed E-state index contributed by atoms with van der Waals surface area (Å²) >= 11 is 6.70. The van der Waals surface area contributed by atoms with E-state index in [0.717, 1.165) is 11.3 Å². The van der Waals surface area contributed by atoms with Crippen LogP contribution in [-0.2, 0) is 10.0 Å². The topological polar surface area (TPSA) is 72.2 Å². The highest BCUT2D eigenvalue weighted by molar-refractivity contribution is 7.94. The molecule has 0 saturated heterocycles. The van der Waals surface area contributed by atoms with Crippen molar-refractivity contribution in [1.82, 2.24) is 0 Å². The first-order valence-electron chi connectivity index (χ1n) is 4.62. The second-order valence-electron chi connectivity index (χ2n) is 3.25. The number of halogens is 1. The number of nitrogens with one attached hydrogen (secondary N) is 1. The first-order chi connectivity index (χ1) is 7.99. The summed E-state index contributed by atoms with van der Waals surface area (Å²) in [7, 11) is -3.61. The van der Waals surface area contributed by atoms with Gasteiger partial charge in [0.05, 0.1) is 15.7 Å². The molecular weight excluding hydrogens is 280 g/mol. The lowest BCUT2D eigenvalue weighted by atomic mass is 10.3. The van der Waals surface area contributed by atoms with Gasteiger partial charge in [0.1, 0.15) is 4.21 Å². The molecule has 1 aromatic heterocycles. The van der Waals surface area contributed by atoms with Crippen LogP contribution in [0.2, 0.25) is 4.34 Å². The minimum absolute atomic E-state index is 0.158. The second kappa shape index (κ2) is 4.56. The fourth-order valence-corrected chi connectivity index (χ4v) is 3.80. The van der Waals surface area contributed by atoms with Crippen molar-refractivity contribution in [2.75, 3.05) is 10.5 Å². The van der Waals surface area contributed by atoms with Crippen LogP contribution in [0.4, 0.5) is 11.4 Å². The van der Waals surface area contributed by atoms with Gasteiger partial charge in [0.15, 0.2) is 0 Å². The first-order valence-corrected chi connectivity index (χ1v) is 7.29. The minimum atomic E-state index is -3.61. The third kappa shape index (κ3) is 2.71. The Morgan fingerprint density at radius 3 is 2.47 bits per heavy atom. The van der Waals surface area contributed by atoms with Gasteiger partial charge in [-0.1, -0.05) is 23.7 Å². The third-order valence-electron chi connectivity index (χ3n) is 2.02. The molecule has 1 aromatic carbocycles. The van der Waals surface area contributed by atoms with Crippen molar-refractivity contribution in [1.29, 1.82) is 0 Å². The molecule has 0 bridgehead atoms. The molecule has 2 rings (SSSR count). The molecule has 0 amide bonds.